The summed E-state index contributed by atoms with van der Waals surface area (Å²) in [6, 6.07) is 5.56. The number of benzene rings is 1. The van der Waals surface area contributed by atoms with Crippen molar-refractivity contribution in [2.75, 3.05) is 17.3 Å². The molecule has 1 amide bonds. The van der Waals surface area contributed by atoms with E-state index in [1.165, 1.54) is 4.90 Å². The molecule has 0 aliphatic heterocycles. The number of carboxylic acid groups (broad SMARTS) is 1. The number of carboxylic acids is 1. The van der Waals surface area contributed by atoms with Gasteiger partial charge in [0.2, 0.25) is 5.91 Å². The van der Waals surface area contributed by atoms with E-state index in [2.05, 4.69) is 13.2 Å². The fraction of sp³-hybridized carbons (Fsp3) is 0.250. The number of carbonyl (C=O) groups is 2. The molecule has 0 saturated heterocycles. The summed E-state index contributed by atoms with van der Waals surface area (Å²) in [5.41, 5.74) is 2.26. The van der Waals surface area contributed by atoms with Gasteiger partial charge in [0.05, 0.1) is 5.69 Å². The van der Waals surface area contributed by atoms with Gasteiger partial charge in [0, 0.05) is 0 Å². The summed E-state index contributed by atoms with van der Waals surface area (Å²) in [5, 5.41) is 9.05. The Bertz CT molecular complexity index is 526. The van der Waals surface area contributed by atoms with Crippen LogP contribution in [0.2, 0.25) is 0 Å². The molecule has 1 aromatic rings. The van der Waals surface area contributed by atoms with Crippen LogP contribution >= 0.6 is 11.6 Å². The number of aliphatic carboxylic acids is 1. The summed E-state index contributed by atoms with van der Waals surface area (Å²) in [6.45, 7) is 6.96. The van der Waals surface area contributed by atoms with Gasteiger partial charge < -0.3 is 5.11 Å². The van der Waals surface area contributed by atoms with Crippen molar-refractivity contribution >= 4 is 29.2 Å². The minimum Gasteiger partial charge on any atom is -0.480 e. The predicted octanol–water partition coefficient (Wildman–Crippen LogP) is 2.80. The van der Waals surface area contributed by atoms with Crippen molar-refractivity contribution in [2.45, 2.75) is 12.8 Å². The van der Waals surface area contributed by atoms with Gasteiger partial charge in [0.25, 0.3) is 0 Å². The fourth-order valence-electron chi connectivity index (χ4n) is 2.13. The number of allylic oxidation sites excluding steroid dienone is 2. The van der Waals surface area contributed by atoms with Crippen LogP contribution in [-0.4, -0.2) is 29.4 Å². The first kappa shape index (κ1) is 17.0. The fourth-order valence-corrected chi connectivity index (χ4v) is 2.28. The SMILES string of the molecule is C=CCc1cccc(CC=C)c1N(CC(=O)O)C(=O)CCl. The molecule has 1 rings (SSSR count). The van der Waals surface area contributed by atoms with Crippen molar-refractivity contribution in [3.63, 3.8) is 0 Å². The lowest BCUT2D eigenvalue weighted by Crippen LogP contribution is -2.37. The van der Waals surface area contributed by atoms with Crippen LogP contribution in [0.1, 0.15) is 11.1 Å². The molecular weight excluding hydrogens is 290 g/mol. The summed E-state index contributed by atoms with van der Waals surface area (Å²) in [6.07, 6.45) is 4.49. The van der Waals surface area contributed by atoms with Crippen LogP contribution in [0.25, 0.3) is 0 Å². The molecule has 0 bridgehead atoms. The van der Waals surface area contributed by atoms with E-state index in [1.807, 2.05) is 18.2 Å². The normalized spacial score (nSPS) is 9.95. The van der Waals surface area contributed by atoms with Crippen molar-refractivity contribution in [3.05, 3.63) is 54.6 Å². The molecule has 0 aromatic heterocycles. The second kappa shape index (κ2) is 8.27. The first-order valence-electron chi connectivity index (χ1n) is 6.45. The number of anilines is 1. The van der Waals surface area contributed by atoms with Crippen LogP contribution in [0.5, 0.6) is 0 Å². The van der Waals surface area contributed by atoms with E-state index in [4.69, 9.17) is 16.7 Å². The number of carbonyl (C=O) groups excluding carboxylic acids is 1. The second-order valence-electron chi connectivity index (χ2n) is 4.42. The average molecular weight is 308 g/mol. The quantitative estimate of drug-likeness (QED) is 0.593. The molecule has 0 aliphatic carbocycles. The zero-order valence-electron chi connectivity index (χ0n) is 11.7. The maximum Gasteiger partial charge on any atom is 0.323 e. The van der Waals surface area contributed by atoms with E-state index in [1.54, 1.807) is 12.2 Å². The van der Waals surface area contributed by atoms with Crippen LogP contribution in [0.3, 0.4) is 0 Å². The van der Waals surface area contributed by atoms with Crippen molar-refractivity contribution in [2.24, 2.45) is 0 Å². The highest BCUT2D eigenvalue weighted by molar-refractivity contribution is 6.29. The number of hydrogen-bond acceptors (Lipinski definition) is 2. The zero-order valence-corrected chi connectivity index (χ0v) is 12.5. The molecule has 0 heterocycles. The Kier molecular flexibility index (Phi) is 6.69. The van der Waals surface area contributed by atoms with Crippen molar-refractivity contribution in [3.8, 4) is 0 Å². The van der Waals surface area contributed by atoms with Crippen molar-refractivity contribution in [1.82, 2.24) is 0 Å². The molecule has 21 heavy (non-hydrogen) atoms. The molecule has 0 saturated carbocycles. The highest BCUT2D eigenvalue weighted by atomic mass is 35.5. The van der Waals surface area contributed by atoms with Gasteiger partial charge in [-0.15, -0.1) is 24.8 Å². The maximum absolute atomic E-state index is 12.0. The van der Waals surface area contributed by atoms with E-state index in [0.29, 0.717) is 18.5 Å². The van der Waals surface area contributed by atoms with Crippen LogP contribution in [0.15, 0.2) is 43.5 Å². The van der Waals surface area contributed by atoms with E-state index in [-0.39, 0.29) is 5.88 Å². The highest BCUT2D eigenvalue weighted by Gasteiger charge is 2.22. The number of para-hydroxylation sites is 1. The molecule has 0 atom stereocenters. The van der Waals surface area contributed by atoms with Gasteiger partial charge in [0.1, 0.15) is 12.4 Å². The highest BCUT2D eigenvalue weighted by Crippen LogP contribution is 2.28. The lowest BCUT2D eigenvalue weighted by molar-refractivity contribution is -0.136. The lowest BCUT2D eigenvalue weighted by atomic mass is 10.0. The molecule has 112 valence electrons. The molecule has 0 radical (unpaired) electrons. The predicted molar refractivity (Wildman–Crippen MR) is 85.0 cm³/mol. The average Bonchev–Trinajstić information content (AvgIpc) is 2.45. The minimum absolute atomic E-state index is 0.275. The van der Waals surface area contributed by atoms with E-state index < -0.39 is 18.4 Å². The maximum atomic E-state index is 12.0. The Morgan fingerprint density at radius 2 is 1.71 bits per heavy atom. The van der Waals surface area contributed by atoms with Crippen LogP contribution in [0, 0.1) is 0 Å². The Labute approximate surface area is 129 Å². The van der Waals surface area contributed by atoms with Gasteiger partial charge in [-0.2, -0.15) is 0 Å². The van der Waals surface area contributed by atoms with E-state index in [0.717, 1.165) is 11.1 Å². The van der Waals surface area contributed by atoms with Gasteiger partial charge in [-0.25, -0.2) is 0 Å². The zero-order chi connectivity index (χ0) is 15.8. The number of amides is 1. The third kappa shape index (κ3) is 4.46. The Morgan fingerprint density at radius 1 is 1.19 bits per heavy atom. The van der Waals surface area contributed by atoms with Gasteiger partial charge in [-0.1, -0.05) is 30.4 Å². The van der Waals surface area contributed by atoms with Gasteiger partial charge in [-0.3, -0.25) is 14.5 Å². The summed E-state index contributed by atoms with van der Waals surface area (Å²) in [5.74, 6) is -1.81. The monoisotopic (exact) mass is 307 g/mol. The standard InChI is InChI=1S/C16H18ClNO3/c1-3-6-12-8-5-9-13(7-4-2)16(12)18(11-15(20)21)14(19)10-17/h3-5,8-9H,1-2,6-7,10-11H2,(H,20,21). The topological polar surface area (TPSA) is 57.6 Å². The number of rotatable bonds is 8. The second-order valence-corrected chi connectivity index (χ2v) is 4.68. The van der Waals surface area contributed by atoms with Crippen LogP contribution in [-0.2, 0) is 22.4 Å². The summed E-state index contributed by atoms with van der Waals surface area (Å²) in [7, 11) is 0. The first-order chi connectivity index (χ1) is 10.0. The summed E-state index contributed by atoms with van der Waals surface area (Å²) < 4.78 is 0. The molecular formula is C16H18ClNO3. The Balaban J connectivity index is 3.43. The molecule has 0 aliphatic rings. The number of hydrogen-bond donors (Lipinski definition) is 1. The van der Waals surface area contributed by atoms with Gasteiger partial charge in [0.15, 0.2) is 0 Å². The Hall–Kier alpha value is -2.07. The number of halogens is 1. The minimum atomic E-state index is -1.09. The number of alkyl halides is 1. The van der Waals surface area contributed by atoms with Crippen molar-refractivity contribution < 1.29 is 14.7 Å². The van der Waals surface area contributed by atoms with E-state index >= 15 is 0 Å². The molecule has 0 fully saturated rings. The first-order valence-corrected chi connectivity index (χ1v) is 6.99. The summed E-state index contributed by atoms with van der Waals surface area (Å²) >= 11 is 5.61. The summed E-state index contributed by atoms with van der Waals surface area (Å²) in [4.78, 5) is 24.3. The number of nitrogens with zero attached hydrogens (tertiary/aromatic N) is 1. The molecule has 5 heteroatoms. The van der Waals surface area contributed by atoms with Crippen LogP contribution < -0.4 is 4.90 Å². The van der Waals surface area contributed by atoms with Crippen molar-refractivity contribution in [1.29, 1.82) is 0 Å². The molecule has 1 aromatic carbocycles. The van der Waals surface area contributed by atoms with Crippen LogP contribution in [0.4, 0.5) is 5.69 Å². The Morgan fingerprint density at radius 3 is 2.10 bits per heavy atom. The molecule has 4 nitrogen and oxygen atoms in total. The molecule has 0 unspecified atom stereocenters. The van der Waals surface area contributed by atoms with E-state index in [9.17, 15) is 9.59 Å². The molecule has 1 N–H and O–H groups in total. The van der Waals surface area contributed by atoms with Gasteiger partial charge in [-0.05, 0) is 24.0 Å². The van der Waals surface area contributed by atoms with Gasteiger partial charge >= 0.3 is 5.97 Å². The third-order valence-corrected chi connectivity index (χ3v) is 3.14. The molecule has 0 spiro atoms. The lowest BCUT2D eigenvalue weighted by Gasteiger charge is -2.25. The smallest absolute Gasteiger partial charge is 0.323 e. The third-order valence-electron chi connectivity index (χ3n) is 2.91. The largest absolute Gasteiger partial charge is 0.480 e.